The van der Waals surface area contributed by atoms with Crippen LogP contribution < -0.4 is 10.6 Å². The minimum atomic E-state index is 0.282. The van der Waals surface area contributed by atoms with Crippen LogP contribution in [-0.2, 0) is 0 Å². The van der Waals surface area contributed by atoms with Crippen LogP contribution in [0.4, 0.5) is 5.69 Å². The highest BCUT2D eigenvalue weighted by Crippen LogP contribution is 2.35. The van der Waals surface area contributed by atoms with Crippen LogP contribution in [0, 0.1) is 0 Å². The third kappa shape index (κ3) is 4.00. The Balaban J connectivity index is 1.78. The second kappa shape index (κ2) is 7.72. The zero-order chi connectivity index (χ0) is 18.8. The smallest absolute Gasteiger partial charge is 0.170 e. The van der Waals surface area contributed by atoms with Gasteiger partial charge in [-0.25, -0.2) is 9.97 Å². The lowest BCUT2D eigenvalue weighted by molar-refractivity contribution is 0.739. The number of benzene rings is 1. The Morgan fingerprint density at radius 1 is 0.926 bits per heavy atom. The van der Waals surface area contributed by atoms with Gasteiger partial charge in [-0.3, -0.25) is 0 Å². The van der Waals surface area contributed by atoms with Crippen molar-refractivity contribution in [2.45, 2.75) is 19.9 Å². The van der Waals surface area contributed by atoms with E-state index in [4.69, 9.17) is 22.2 Å². The topological polar surface area (TPSA) is 49.8 Å². The van der Waals surface area contributed by atoms with E-state index in [9.17, 15) is 0 Å². The van der Waals surface area contributed by atoms with E-state index in [1.807, 2.05) is 30.3 Å². The SMILES string of the molecule is CC(C)NC(=S)Nc1ccc2nc(-c3cccs3)c(-c3cccs3)nc2c1. The number of rotatable bonds is 4. The highest BCUT2D eigenvalue weighted by atomic mass is 32.1. The van der Waals surface area contributed by atoms with Crippen molar-refractivity contribution < 1.29 is 0 Å². The Morgan fingerprint density at radius 2 is 1.56 bits per heavy atom. The first kappa shape index (κ1) is 18.0. The van der Waals surface area contributed by atoms with Gasteiger partial charge < -0.3 is 10.6 Å². The highest BCUT2D eigenvalue weighted by molar-refractivity contribution is 7.80. The molecule has 1 aromatic carbocycles. The van der Waals surface area contributed by atoms with E-state index in [1.165, 1.54) is 0 Å². The number of anilines is 1. The number of hydrogen-bond acceptors (Lipinski definition) is 5. The zero-order valence-electron chi connectivity index (χ0n) is 14.9. The maximum atomic E-state index is 5.35. The second-order valence-corrected chi connectivity index (χ2v) is 8.64. The highest BCUT2D eigenvalue weighted by Gasteiger charge is 2.15. The number of thiophene rings is 2. The van der Waals surface area contributed by atoms with Crippen molar-refractivity contribution in [2.24, 2.45) is 0 Å². The second-order valence-electron chi connectivity index (χ2n) is 6.33. The summed E-state index contributed by atoms with van der Waals surface area (Å²) < 4.78 is 0. The summed E-state index contributed by atoms with van der Waals surface area (Å²) in [6, 6.07) is 14.5. The van der Waals surface area contributed by atoms with Gasteiger partial charge in [-0.1, -0.05) is 12.1 Å². The van der Waals surface area contributed by atoms with Crippen LogP contribution in [0.5, 0.6) is 0 Å². The third-order valence-corrected chi connectivity index (χ3v) is 5.82. The number of hydrogen-bond donors (Lipinski definition) is 2. The van der Waals surface area contributed by atoms with Gasteiger partial charge in [0.2, 0.25) is 0 Å². The average Bonchev–Trinajstić information content (AvgIpc) is 3.33. The minimum Gasteiger partial charge on any atom is -0.360 e. The van der Waals surface area contributed by atoms with Gasteiger partial charge in [0, 0.05) is 11.7 Å². The summed E-state index contributed by atoms with van der Waals surface area (Å²) in [6.07, 6.45) is 0. The molecule has 0 aliphatic carbocycles. The molecule has 4 nitrogen and oxygen atoms in total. The zero-order valence-corrected chi connectivity index (χ0v) is 17.3. The Kier molecular flexibility index (Phi) is 5.15. The van der Waals surface area contributed by atoms with Crippen molar-refractivity contribution in [1.29, 1.82) is 0 Å². The van der Waals surface area contributed by atoms with Gasteiger partial charge in [0.25, 0.3) is 0 Å². The van der Waals surface area contributed by atoms with Gasteiger partial charge >= 0.3 is 0 Å². The molecule has 7 heteroatoms. The molecule has 0 amide bonds. The molecule has 136 valence electrons. The van der Waals surface area contributed by atoms with E-state index in [0.717, 1.165) is 37.9 Å². The summed E-state index contributed by atoms with van der Waals surface area (Å²) in [5.41, 5.74) is 4.46. The molecule has 0 spiro atoms. The van der Waals surface area contributed by atoms with Crippen LogP contribution >= 0.6 is 34.9 Å². The average molecular weight is 411 g/mol. The van der Waals surface area contributed by atoms with Gasteiger partial charge in [-0.2, -0.15) is 0 Å². The first-order valence-corrected chi connectivity index (χ1v) is 10.7. The van der Waals surface area contributed by atoms with Crippen LogP contribution in [0.2, 0.25) is 0 Å². The molecule has 3 aromatic heterocycles. The third-order valence-electron chi connectivity index (χ3n) is 3.85. The van der Waals surface area contributed by atoms with Crippen molar-refractivity contribution in [2.75, 3.05) is 5.32 Å². The summed E-state index contributed by atoms with van der Waals surface area (Å²) in [5, 5.41) is 11.1. The predicted octanol–water partition coefficient (Wildman–Crippen LogP) is 5.78. The molecule has 0 bridgehead atoms. The van der Waals surface area contributed by atoms with Gasteiger partial charge in [0.15, 0.2) is 5.11 Å². The monoisotopic (exact) mass is 410 g/mol. The first-order valence-electron chi connectivity index (χ1n) is 8.57. The normalized spacial score (nSPS) is 11.1. The fourth-order valence-corrected chi connectivity index (χ4v) is 4.51. The van der Waals surface area contributed by atoms with Crippen LogP contribution in [-0.4, -0.2) is 21.1 Å². The fraction of sp³-hybridized carbons (Fsp3) is 0.150. The number of thiocarbonyl (C=S) groups is 1. The molecule has 0 saturated carbocycles. The molecule has 2 N–H and O–H groups in total. The van der Waals surface area contributed by atoms with Crippen molar-refractivity contribution in [3.05, 3.63) is 53.2 Å². The van der Waals surface area contributed by atoms with Crippen molar-refractivity contribution >= 4 is 56.7 Å². The maximum Gasteiger partial charge on any atom is 0.170 e. The van der Waals surface area contributed by atoms with Gasteiger partial charge in [0.05, 0.1) is 20.8 Å². The van der Waals surface area contributed by atoms with Gasteiger partial charge in [-0.15, -0.1) is 22.7 Å². The molecule has 0 aliphatic rings. The van der Waals surface area contributed by atoms with E-state index >= 15 is 0 Å². The number of nitrogens with one attached hydrogen (secondary N) is 2. The Labute approximate surface area is 171 Å². The fourth-order valence-electron chi connectivity index (χ4n) is 2.73. The molecular weight excluding hydrogens is 392 g/mol. The summed E-state index contributed by atoms with van der Waals surface area (Å²) in [4.78, 5) is 12.1. The van der Waals surface area contributed by atoms with Gasteiger partial charge in [0.1, 0.15) is 11.4 Å². The molecule has 27 heavy (non-hydrogen) atoms. The molecule has 0 fully saturated rings. The molecule has 0 radical (unpaired) electrons. The van der Waals surface area contributed by atoms with E-state index in [-0.39, 0.29) is 6.04 Å². The van der Waals surface area contributed by atoms with Crippen LogP contribution in [0.25, 0.3) is 32.2 Å². The predicted molar refractivity (Wildman–Crippen MR) is 121 cm³/mol. The van der Waals surface area contributed by atoms with Gasteiger partial charge in [-0.05, 0) is 67.2 Å². The Morgan fingerprint density at radius 3 is 2.11 bits per heavy atom. The van der Waals surface area contributed by atoms with Crippen molar-refractivity contribution in [1.82, 2.24) is 15.3 Å². The minimum absolute atomic E-state index is 0.282. The lowest BCUT2D eigenvalue weighted by atomic mass is 10.2. The number of nitrogens with zero attached hydrogens (tertiary/aromatic N) is 2. The summed E-state index contributed by atoms with van der Waals surface area (Å²) in [5.74, 6) is 0. The molecule has 3 heterocycles. The maximum absolute atomic E-state index is 5.35. The molecule has 0 atom stereocenters. The van der Waals surface area contributed by atoms with Crippen molar-refractivity contribution in [3.8, 4) is 21.1 Å². The van der Waals surface area contributed by atoms with E-state index in [0.29, 0.717) is 5.11 Å². The molecule has 0 saturated heterocycles. The Bertz CT molecular complexity index is 1070. The standard InChI is InChI=1S/C20H18N4S3/c1-12(2)21-20(25)22-13-7-8-14-15(11-13)24-19(17-6-4-10-27-17)18(23-14)16-5-3-9-26-16/h3-12H,1-2H3,(H2,21,22,25). The molecule has 4 aromatic rings. The molecule has 0 unspecified atom stereocenters. The lowest BCUT2D eigenvalue weighted by Crippen LogP contribution is -2.33. The lowest BCUT2D eigenvalue weighted by Gasteiger charge is -2.14. The van der Waals surface area contributed by atoms with Crippen LogP contribution in [0.15, 0.2) is 53.2 Å². The van der Waals surface area contributed by atoms with Crippen molar-refractivity contribution in [3.63, 3.8) is 0 Å². The van der Waals surface area contributed by atoms with E-state index in [2.05, 4.69) is 47.4 Å². The van der Waals surface area contributed by atoms with Crippen LogP contribution in [0.1, 0.15) is 13.8 Å². The number of aromatic nitrogens is 2. The number of fused-ring (bicyclic) bond motifs is 1. The Hall–Kier alpha value is -2.35. The first-order chi connectivity index (χ1) is 13.1. The summed E-state index contributed by atoms with van der Waals surface area (Å²) >= 11 is 8.70. The quantitative estimate of drug-likeness (QED) is 0.418. The molecule has 0 aliphatic heterocycles. The largest absolute Gasteiger partial charge is 0.360 e. The summed E-state index contributed by atoms with van der Waals surface area (Å²) in [6.45, 7) is 4.11. The van der Waals surface area contributed by atoms with Crippen LogP contribution in [0.3, 0.4) is 0 Å². The van der Waals surface area contributed by atoms with E-state index in [1.54, 1.807) is 22.7 Å². The molecule has 4 rings (SSSR count). The molecular formula is C20H18N4S3. The van der Waals surface area contributed by atoms with E-state index < -0.39 is 0 Å². The summed E-state index contributed by atoms with van der Waals surface area (Å²) in [7, 11) is 0.